The summed E-state index contributed by atoms with van der Waals surface area (Å²) >= 11 is 1.48. The predicted molar refractivity (Wildman–Crippen MR) is 73.8 cm³/mol. The lowest BCUT2D eigenvalue weighted by molar-refractivity contribution is -0.144. The third kappa shape index (κ3) is 5.20. The highest BCUT2D eigenvalue weighted by Gasteiger charge is 2.22. The molecule has 0 saturated carbocycles. The number of carbonyl (C=O) groups excluding carboxylic acids is 1. The maximum atomic E-state index is 11.3. The summed E-state index contributed by atoms with van der Waals surface area (Å²) in [7, 11) is 0. The van der Waals surface area contributed by atoms with E-state index < -0.39 is 6.04 Å². The van der Waals surface area contributed by atoms with Crippen molar-refractivity contribution in [2.24, 2.45) is 5.73 Å². The molecule has 1 rings (SSSR count). The van der Waals surface area contributed by atoms with Crippen LogP contribution < -0.4 is 5.73 Å². The number of nitrogens with zero attached hydrogens (tertiary/aromatic N) is 2. The van der Waals surface area contributed by atoms with Crippen LogP contribution in [0.3, 0.4) is 0 Å². The van der Waals surface area contributed by atoms with Gasteiger partial charge in [-0.1, -0.05) is 25.9 Å². The summed E-state index contributed by atoms with van der Waals surface area (Å²) in [5.74, 6) is 1.88. The molecule has 0 radical (unpaired) electrons. The van der Waals surface area contributed by atoms with Crippen LogP contribution in [-0.2, 0) is 20.7 Å². The first kappa shape index (κ1) is 16.0. The van der Waals surface area contributed by atoms with E-state index in [0.29, 0.717) is 29.8 Å². The summed E-state index contributed by atoms with van der Waals surface area (Å²) in [6, 6.07) is -0.612. The molecule has 1 heterocycles. The monoisotopic (exact) mass is 287 g/mol. The van der Waals surface area contributed by atoms with E-state index in [1.54, 1.807) is 6.92 Å². The molecule has 19 heavy (non-hydrogen) atoms. The second kappa shape index (κ2) is 6.91. The quantitative estimate of drug-likeness (QED) is 0.792. The first-order valence-corrected chi connectivity index (χ1v) is 7.33. The van der Waals surface area contributed by atoms with Crippen molar-refractivity contribution in [3.05, 3.63) is 11.7 Å². The average molecular weight is 287 g/mol. The highest BCUT2D eigenvalue weighted by atomic mass is 32.2. The Balaban J connectivity index is 2.37. The molecule has 1 aromatic rings. The van der Waals surface area contributed by atoms with E-state index in [4.69, 9.17) is 15.0 Å². The fourth-order valence-corrected chi connectivity index (χ4v) is 2.02. The molecule has 0 amide bonds. The number of ether oxygens (including phenoxy) is 1. The van der Waals surface area contributed by atoms with Crippen LogP contribution in [0.4, 0.5) is 0 Å². The molecule has 1 unspecified atom stereocenters. The van der Waals surface area contributed by atoms with E-state index in [2.05, 4.69) is 10.1 Å². The van der Waals surface area contributed by atoms with Gasteiger partial charge in [-0.05, 0) is 6.92 Å². The van der Waals surface area contributed by atoms with E-state index in [1.807, 2.05) is 20.8 Å². The minimum Gasteiger partial charge on any atom is -0.465 e. The van der Waals surface area contributed by atoms with Crippen LogP contribution in [0.15, 0.2) is 4.52 Å². The zero-order valence-electron chi connectivity index (χ0n) is 11.8. The van der Waals surface area contributed by atoms with Gasteiger partial charge in [0.05, 0.1) is 12.4 Å². The van der Waals surface area contributed by atoms with Crippen LogP contribution in [0.5, 0.6) is 0 Å². The molecule has 1 aromatic heterocycles. The standard InChI is InChI=1S/C12H21N3O3S/c1-5-17-10(16)8(13)6-19-7-9-14-11(18-15-9)12(2,3)4/h8H,5-7,13H2,1-4H3. The Bertz CT molecular complexity index is 415. The normalized spacial score (nSPS) is 13.3. The summed E-state index contributed by atoms with van der Waals surface area (Å²) in [4.78, 5) is 15.6. The van der Waals surface area contributed by atoms with Gasteiger partial charge in [-0.25, -0.2) is 0 Å². The third-order valence-corrected chi connectivity index (χ3v) is 3.28. The molecule has 0 spiro atoms. The number of thioether (sulfide) groups is 1. The fourth-order valence-electron chi connectivity index (χ4n) is 1.21. The van der Waals surface area contributed by atoms with Gasteiger partial charge in [0.2, 0.25) is 5.89 Å². The molecule has 0 aliphatic carbocycles. The molecule has 108 valence electrons. The Labute approximate surface area is 117 Å². The summed E-state index contributed by atoms with van der Waals surface area (Å²) in [6.07, 6.45) is 0. The highest BCUT2D eigenvalue weighted by molar-refractivity contribution is 7.98. The molecular weight excluding hydrogens is 266 g/mol. The molecule has 0 fully saturated rings. The van der Waals surface area contributed by atoms with Crippen LogP contribution in [-0.4, -0.2) is 34.5 Å². The second-order valence-electron chi connectivity index (χ2n) is 5.14. The Morgan fingerprint density at radius 2 is 2.21 bits per heavy atom. The van der Waals surface area contributed by atoms with Crippen LogP contribution in [0.2, 0.25) is 0 Å². The average Bonchev–Trinajstić information content (AvgIpc) is 2.77. The van der Waals surface area contributed by atoms with Crippen molar-refractivity contribution >= 4 is 17.7 Å². The first-order chi connectivity index (χ1) is 8.84. The molecule has 0 aliphatic rings. The van der Waals surface area contributed by atoms with Gasteiger partial charge in [0.15, 0.2) is 5.82 Å². The van der Waals surface area contributed by atoms with E-state index in [0.717, 1.165) is 0 Å². The molecule has 0 bridgehead atoms. The third-order valence-electron chi connectivity index (χ3n) is 2.23. The first-order valence-electron chi connectivity index (χ1n) is 6.17. The van der Waals surface area contributed by atoms with E-state index >= 15 is 0 Å². The number of esters is 1. The van der Waals surface area contributed by atoms with Gasteiger partial charge in [-0.3, -0.25) is 4.79 Å². The fraction of sp³-hybridized carbons (Fsp3) is 0.750. The Kier molecular flexibility index (Phi) is 5.81. The van der Waals surface area contributed by atoms with E-state index in [1.165, 1.54) is 11.8 Å². The number of hydrogen-bond donors (Lipinski definition) is 1. The van der Waals surface area contributed by atoms with Crippen LogP contribution >= 0.6 is 11.8 Å². The summed E-state index contributed by atoms with van der Waals surface area (Å²) in [5.41, 5.74) is 5.53. The number of aromatic nitrogens is 2. The summed E-state index contributed by atoms with van der Waals surface area (Å²) in [6.45, 7) is 8.12. The number of carbonyl (C=O) groups is 1. The topological polar surface area (TPSA) is 91.2 Å². The number of rotatable bonds is 6. The number of hydrogen-bond acceptors (Lipinski definition) is 7. The molecule has 7 heteroatoms. The largest absolute Gasteiger partial charge is 0.465 e. The van der Waals surface area contributed by atoms with Gasteiger partial charge < -0.3 is 15.0 Å². The predicted octanol–water partition coefficient (Wildman–Crippen LogP) is 1.49. The summed E-state index contributed by atoms with van der Waals surface area (Å²) < 4.78 is 10.0. The van der Waals surface area contributed by atoms with Gasteiger partial charge in [-0.2, -0.15) is 16.7 Å². The molecule has 1 atom stereocenters. The van der Waals surface area contributed by atoms with Crippen molar-refractivity contribution in [2.45, 2.75) is 44.9 Å². The van der Waals surface area contributed by atoms with Crippen molar-refractivity contribution < 1.29 is 14.1 Å². The lowest BCUT2D eigenvalue weighted by Gasteiger charge is -2.10. The van der Waals surface area contributed by atoms with E-state index in [9.17, 15) is 4.79 Å². The minimum absolute atomic E-state index is 0.156. The zero-order valence-corrected chi connectivity index (χ0v) is 12.6. The maximum Gasteiger partial charge on any atom is 0.323 e. The molecule has 2 N–H and O–H groups in total. The van der Waals surface area contributed by atoms with Crippen LogP contribution in [0.1, 0.15) is 39.4 Å². The van der Waals surface area contributed by atoms with Crippen molar-refractivity contribution in [2.75, 3.05) is 12.4 Å². The molecule has 0 aliphatic heterocycles. The van der Waals surface area contributed by atoms with Crippen LogP contribution in [0, 0.1) is 0 Å². The zero-order chi connectivity index (χ0) is 14.5. The lowest BCUT2D eigenvalue weighted by Crippen LogP contribution is -2.34. The Morgan fingerprint density at radius 1 is 1.53 bits per heavy atom. The molecule has 0 saturated heterocycles. The van der Waals surface area contributed by atoms with Gasteiger partial charge in [0.25, 0.3) is 0 Å². The number of nitrogens with two attached hydrogens (primary N) is 1. The minimum atomic E-state index is -0.612. The van der Waals surface area contributed by atoms with Gasteiger partial charge in [0, 0.05) is 11.2 Å². The maximum absolute atomic E-state index is 11.3. The van der Waals surface area contributed by atoms with E-state index in [-0.39, 0.29) is 11.4 Å². The van der Waals surface area contributed by atoms with Crippen molar-refractivity contribution in [3.8, 4) is 0 Å². The van der Waals surface area contributed by atoms with Gasteiger partial charge in [-0.15, -0.1) is 0 Å². The molecular formula is C12H21N3O3S. The Hall–Kier alpha value is -1.08. The van der Waals surface area contributed by atoms with Crippen LogP contribution in [0.25, 0.3) is 0 Å². The molecule has 6 nitrogen and oxygen atoms in total. The van der Waals surface area contributed by atoms with Crippen molar-refractivity contribution in [1.29, 1.82) is 0 Å². The SMILES string of the molecule is CCOC(=O)C(N)CSCc1noc(C(C)(C)C)n1. The van der Waals surface area contributed by atoms with Gasteiger partial charge in [0.1, 0.15) is 6.04 Å². The van der Waals surface area contributed by atoms with Gasteiger partial charge >= 0.3 is 5.97 Å². The van der Waals surface area contributed by atoms with Crippen molar-refractivity contribution in [1.82, 2.24) is 10.1 Å². The lowest BCUT2D eigenvalue weighted by atomic mass is 9.97. The highest BCUT2D eigenvalue weighted by Crippen LogP contribution is 2.21. The van der Waals surface area contributed by atoms with Crippen molar-refractivity contribution in [3.63, 3.8) is 0 Å². The smallest absolute Gasteiger partial charge is 0.323 e. The Morgan fingerprint density at radius 3 is 2.74 bits per heavy atom. The second-order valence-corrected chi connectivity index (χ2v) is 6.17. The summed E-state index contributed by atoms with van der Waals surface area (Å²) in [5, 5.41) is 3.90. The molecule has 0 aromatic carbocycles.